The molecule has 0 aliphatic heterocycles. The van der Waals surface area contributed by atoms with E-state index < -0.39 is 41.7 Å². The zero-order valence-corrected chi connectivity index (χ0v) is 11.3. The molecule has 108 valence electrons. The monoisotopic (exact) mass is 293 g/mol. The second kappa shape index (κ2) is 9.20. The minimum absolute atomic E-state index is 0.165. The first kappa shape index (κ1) is 17.2. The summed E-state index contributed by atoms with van der Waals surface area (Å²) in [5, 5.41) is 8.87. The largest absolute Gasteiger partial charge is 0.480 e. The lowest BCUT2D eigenvalue weighted by molar-refractivity contribution is -0.150. The van der Waals surface area contributed by atoms with E-state index in [1.54, 1.807) is 6.92 Å². The Morgan fingerprint density at radius 1 is 1.26 bits per heavy atom. The zero-order valence-electron chi connectivity index (χ0n) is 10.5. The lowest BCUT2D eigenvalue weighted by Crippen LogP contribution is -2.35. The molecule has 0 radical (unpaired) electrons. The summed E-state index contributed by atoms with van der Waals surface area (Å²) >= 11 is 0.561. The normalized spacial score (nSPS) is 11.3. The van der Waals surface area contributed by atoms with E-state index in [4.69, 9.17) is 5.11 Å². The molecule has 8 nitrogen and oxygen atoms in total. The number of rotatable bonds is 7. The molecule has 2 N–H and O–H groups in total. The molecule has 0 fully saturated rings. The van der Waals surface area contributed by atoms with Gasteiger partial charge in [-0.1, -0.05) is 6.92 Å². The Balaban J connectivity index is 3.88. The van der Waals surface area contributed by atoms with Gasteiger partial charge in [0, 0.05) is 6.42 Å². The highest BCUT2D eigenvalue weighted by Crippen LogP contribution is 2.13. The van der Waals surface area contributed by atoms with Crippen LogP contribution in [0.25, 0.3) is 0 Å². The van der Waals surface area contributed by atoms with Crippen LogP contribution in [0.15, 0.2) is 0 Å². The van der Waals surface area contributed by atoms with E-state index in [-0.39, 0.29) is 6.42 Å². The Morgan fingerprint density at radius 2 is 1.89 bits per heavy atom. The number of amides is 1. The molecule has 0 saturated heterocycles. The molecule has 0 bridgehead atoms. The van der Waals surface area contributed by atoms with Crippen LogP contribution < -0.4 is 5.32 Å². The predicted octanol–water partition coefficient (Wildman–Crippen LogP) is 0.356. The molecule has 0 rings (SSSR count). The van der Waals surface area contributed by atoms with Gasteiger partial charge in [0.15, 0.2) is 0 Å². The van der Waals surface area contributed by atoms with Gasteiger partial charge < -0.3 is 19.9 Å². The van der Waals surface area contributed by atoms with Crippen molar-refractivity contribution in [3.63, 3.8) is 0 Å². The van der Waals surface area contributed by atoms with E-state index in [9.17, 15) is 19.2 Å². The maximum Gasteiger partial charge on any atom is 0.370 e. The number of nitrogens with one attached hydrogen (secondary N) is 1. The summed E-state index contributed by atoms with van der Waals surface area (Å²) in [6.45, 7) is 1.98. The molecule has 9 heteroatoms. The van der Waals surface area contributed by atoms with Crippen molar-refractivity contribution >= 4 is 34.9 Å². The lowest BCUT2D eigenvalue weighted by Gasteiger charge is -2.10. The van der Waals surface area contributed by atoms with Crippen molar-refractivity contribution < 1.29 is 33.8 Å². The summed E-state index contributed by atoms with van der Waals surface area (Å²) in [5.74, 6) is -2.29. The number of carboxylic acids is 1. The van der Waals surface area contributed by atoms with E-state index in [1.807, 2.05) is 0 Å². The van der Waals surface area contributed by atoms with Gasteiger partial charge in [-0.15, -0.1) is 0 Å². The summed E-state index contributed by atoms with van der Waals surface area (Å²) in [5.41, 5.74) is 0. The van der Waals surface area contributed by atoms with E-state index in [2.05, 4.69) is 14.8 Å². The van der Waals surface area contributed by atoms with Crippen LogP contribution in [0.4, 0.5) is 4.79 Å². The van der Waals surface area contributed by atoms with Gasteiger partial charge in [0.1, 0.15) is 6.54 Å². The maximum absolute atomic E-state index is 11.3. The van der Waals surface area contributed by atoms with E-state index in [1.165, 1.54) is 6.92 Å². The molecule has 0 aromatic carbocycles. The molecule has 19 heavy (non-hydrogen) atoms. The average Bonchev–Trinajstić information content (AvgIpc) is 2.35. The third-order valence-electron chi connectivity index (χ3n) is 1.74. The molecule has 0 spiro atoms. The fourth-order valence-electron chi connectivity index (χ4n) is 0.784. The van der Waals surface area contributed by atoms with Gasteiger partial charge in [-0.3, -0.25) is 14.4 Å². The smallest absolute Gasteiger partial charge is 0.370 e. The van der Waals surface area contributed by atoms with Gasteiger partial charge in [-0.2, -0.15) is 0 Å². The van der Waals surface area contributed by atoms with Gasteiger partial charge in [0.25, 0.3) is 0 Å². The first-order chi connectivity index (χ1) is 8.86. The van der Waals surface area contributed by atoms with Crippen LogP contribution in [0.2, 0.25) is 0 Å². The van der Waals surface area contributed by atoms with Crippen LogP contribution in [0.1, 0.15) is 20.3 Å². The molecule has 0 saturated carbocycles. The number of hydrogen-bond donors (Lipinski definition) is 2. The molecular formula is C10H15NO7S. The Kier molecular flexibility index (Phi) is 8.34. The van der Waals surface area contributed by atoms with Crippen LogP contribution in [0, 0.1) is 0 Å². The van der Waals surface area contributed by atoms with E-state index in [0.29, 0.717) is 11.8 Å². The fourth-order valence-corrected chi connectivity index (χ4v) is 1.38. The molecule has 1 unspecified atom stereocenters. The quantitative estimate of drug-likeness (QED) is 0.510. The summed E-state index contributed by atoms with van der Waals surface area (Å²) in [6, 6.07) is 0. The molecule has 0 aliphatic rings. The second-order valence-corrected chi connectivity index (χ2v) is 4.53. The van der Waals surface area contributed by atoms with Gasteiger partial charge in [-0.05, 0) is 18.7 Å². The van der Waals surface area contributed by atoms with Crippen LogP contribution in [0.3, 0.4) is 0 Å². The highest BCUT2D eigenvalue weighted by molar-refractivity contribution is 8.14. The van der Waals surface area contributed by atoms with Crippen molar-refractivity contribution in [3.8, 4) is 0 Å². The Bertz CT molecular complexity index is 358. The van der Waals surface area contributed by atoms with Crippen molar-refractivity contribution in [1.29, 1.82) is 0 Å². The van der Waals surface area contributed by atoms with Gasteiger partial charge in [0.05, 0.1) is 5.25 Å². The number of carbonyl (C=O) groups is 4. The SMILES string of the molecule is CCC(=O)OCOC(=O)SC(C)C(=O)NCC(=O)O. The van der Waals surface area contributed by atoms with Crippen LogP contribution in [0.5, 0.6) is 0 Å². The highest BCUT2D eigenvalue weighted by atomic mass is 32.2. The summed E-state index contributed by atoms with van der Waals surface area (Å²) < 4.78 is 9.05. The second-order valence-electron chi connectivity index (χ2n) is 3.25. The number of esters is 1. The van der Waals surface area contributed by atoms with Gasteiger partial charge >= 0.3 is 17.2 Å². The molecule has 1 amide bonds. The van der Waals surface area contributed by atoms with Crippen LogP contribution >= 0.6 is 11.8 Å². The third-order valence-corrected chi connectivity index (χ3v) is 2.62. The highest BCUT2D eigenvalue weighted by Gasteiger charge is 2.19. The van der Waals surface area contributed by atoms with Gasteiger partial charge in [-0.25, -0.2) is 4.79 Å². The first-order valence-electron chi connectivity index (χ1n) is 5.35. The average molecular weight is 293 g/mol. The van der Waals surface area contributed by atoms with E-state index >= 15 is 0 Å². The van der Waals surface area contributed by atoms with E-state index in [0.717, 1.165) is 0 Å². The zero-order chi connectivity index (χ0) is 14.8. The molecule has 0 aliphatic carbocycles. The standard InChI is InChI=1S/C10H15NO7S/c1-3-8(14)17-5-18-10(16)19-6(2)9(15)11-4-7(12)13/h6H,3-5H2,1-2H3,(H,11,15)(H,12,13). The molecule has 1 atom stereocenters. The summed E-state index contributed by atoms with van der Waals surface area (Å²) in [6.07, 6.45) is 0.165. The van der Waals surface area contributed by atoms with Crippen molar-refractivity contribution in [2.24, 2.45) is 0 Å². The Morgan fingerprint density at radius 3 is 2.42 bits per heavy atom. The predicted molar refractivity (Wildman–Crippen MR) is 65.4 cm³/mol. The summed E-state index contributed by atoms with van der Waals surface area (Å²) in [4.78, 5) is 43.5. The number of carbonyl (C=O) groups excluding carboxylic acids is 3. The minimum atomic E-state index is -1.18. The van der Waals surface area contributed by atoms with Crippen LogP contribution in [-0.2, 0) is 23.9 Å². The third kappa shape index (κ3) is 8.89. The maximum atomic E-state index is 11.3. The lowest BCUT2D eigenvalue weighted by atomic mass is 10.4. The fraction of sp³-hybridized carbons (Fsp3) is 0.600. The van der Waals surface area contributed by atoms with Crippen LogP contribution in [-0.4, -0.2) is 46.8 Å². The first-order valence-corrected chi connectivity index (χ1v) is 6.23. The Labute approximate surface area is 113 Å². The summed E-state index contributed by atoms with van der Waals surface area (Å²) in [7, 11) is 0. The topological polar surface area (TPSA) is 119 Å². The molecule has 0 aromatic heterocycles. The minimum Gasteiger partial charge on any atom is -0.480 e. The van der Waals surface area contributed by atoms with Gasteiger partial charge in [0.2, 0.25) is 12.7 Å². The number of ether oxygens (including phenoxy) is 2. The number of thioether (sulfide) groups is 1. The van der Waals surface area contributed by atoms with Crippen molar-refractivity contribution in [2.75, 3.05) is 13.3 Å². The molecule has 0 heterocycles. The number of carboxylic acid groups (broad SMARTS) is 1. The molecular weight excluding hydrogens is 278 g/mol. The Hall–Kier alpha value is -1.77. The number of hydrogen-bond acceptors (Lipinski definition) is 7. The van der Waals surface area contributed by atoms with Crippen molar-refractivity contribution in [1.82, 2.24) is 5.32 Å². The number of aliphatic carboxylic acids is 1. The molecule has 0 aromatic rings. The van der Waals surface area contributed by atoms with Crippen molar-refractivity contribution in [3.05, 3.63) is 0 Å². The van der Waals surface area contributed by atoms with Crippen molar-refractivity contribution in [2.45, 2.75) is 25.5 Å².